The van der Waals surface area contributed by atoms with Crippen molar-refractivity contribution in [3.8, 4) is 5.69 Å². The van der Waals surface area contributed by atoms with E-state index in [4.69, 9.17) is 0 Å². The molecule has 0 bridgehead atoms. The minimum absolute atomic E-state index is 0.587. The molecule has 0 radical (unpaired) electrons. The molecule has 1 aliphatic rings. The van der Waals surface area contributed by atoms with Gasteiger partial charge in [0.1, 0.15) is 5.69 Å². The Bertz CT molecular complexity index is 533. The van der Waals surface area contributed by atoms with E-state index in [1.807, 2.05) is 46.8 Å². The van der Waals surface area contributed by atoms with Crippen LogP contribution in [0.5, 0.6) is 0 Å². The number of thioether (sulfide) groups is 1. The van der Waals surface area contributed by atoms with Crippen LogP contribution in [0.2, 0.25) is 0 Å². The van der Waals surface area contributed by atoms with Gasteiger partial charge in [-0.25, -0.2) is 4.68 Å². The average molecular weight is 230 g/mol. The number of rotatable bonds is 2. The zero-order chi connectivity index (χ0) is 11.0. The van der Waals surface area contributed by atoms with Gasteiger partial charge < -0.3 is 0 Å². The van der Waals surface area contributed by atoms with Crippen LogP contribution in [0.4, 0.5) is 0 Å². The minimum Gasteiger partial charge on any atom is -0.296 e. The second-order valence-electron chi connectivity index (χ2n) is 3.67. The molecule has 1 aromatic carbocycles. The highest BCUT2D eigenvalue weighted by Gasteiger charge is 2.22. The third kappa shape index (κ3) is 1.38. The minimum atomic E-state index is 0.587. The molecular weight excluding hydrogens is 220 g/mol. The van der Waals surface area contributed by atoms with Gasteiger partial charge in [-0.3, -0.25) is 4.79 Å². The van der Waals surface area contributed by atoms with Crippen LogP contribution in [0.15, 0.2) is 30.3 Å². The van der Waals surface area contributed by atoms with Crippen molar-refractivity contribution in [2.45, 2.75) is 11.5 Å². The van der Waals surface area contributed by atoms with E-state index in [1.165, 1.54) is 5.69 Å². The van der Waals surface area contributed by atoms with Crippen LogP contribution in [-0.2, 0) is 11.5 Å². The maximum absolute atomic E-state index is 10.9. The second kappa shape index (κ2) is 3.79. The summed E-state index contributed by atoms with van der Waals surface area (Å²) in [6.45, 7) is 0. The van der Waals surface area contributed by atoms with E-state index in [1.54, 1.807) is 0 Å². The van der Waals surface area contributed by atoms with Crippen LogP contribution >= 0.6 is 11.8 Å². The van der Waals surface area contributed by atoms with Crippen LogP contribution in [-0.4, -0.2) is 16.1 Å². The zero-order valence-electron chi connectivity index (χ0n) is 8.59. The Kier molecular flexibility index (Phi) is 2.29. The number of aromatic nitrogens is 2. The van der Waals surface area contributed by atoms with Crippen molar-refractivity contribution >= 4 is 18.0 Å². The summed E-state index contributed by atoms with van der Waals surface area (Å²) in [7, 11) is 0. The topological polar surface area (TPSA) is 34.9 Å². The predicted molar refractivity (Wildman–Crippen MR) is 64.0 cm³/mol. The van der Waals surface area contributed by atoms with Gasteiger partial charge in [0.05, 0.1) is 11.4 Å². The molecule has 0 amide bonds. The fourth-order valence-corrected chi connectivity index (χ4v) is 3.05. The molecule has 1 aliphatic heterocycles. The summed E-state index contributed by atoms with van der Waals surface area (Å²) in [4.78, 5) is 10.9. The van der Waals surface area contributed by atoms with Gasteiger partial charge in [0.25, 0.3) is 0 Å². The lowest BCUT2D eigenvalue weighted by molar-refractivity contribution is 0.111. The van der Waals surface area contributed by atoms with Gasteiger partial charge >= 0.3 is 0 Å². The van der Waals surface area contributed by atoms with Crippen molar-refractivity contribution in [2.75, 3.05) is 0 Å². The molecule has 0 fully saturated rings. The first kappa shape index (κ1) is 9.66. The van der Waals surface area contributed by atoms with Crippen molar-refractivity contribution < 1.29 is 4.79 Å². The Morgan fingerprint density at radius 2 is 2.06 bits per heavy atom. The molecule has 0 unspecified atom stereocenters. The first-order valence-electron chi connectivity index (χ1n) is 5.09. The highest BCUT2D eigenvalue weighted by Crippen LogP contribution is 2.33. The number of para-hydroxylation sites is 1. The molecular formula is C12H10N2OS. The summed E-state index contributed by atoms with van der Waals surface area (Å²) >= 11 is 1.83. The molecule has 0 aliphatic carbocycles. The largest absolute Gasteiger partial charge is 0.296 e. The molecule has 2 heterocycles. The van der Waals surface area contributed by atoms with E-state index >= 15 is 0 Å². The summed E-state index contributed by atoms with van der Waals surface area (Å²) < 4.78 is 1.89. The number of hydrogen-bond donors (Lipinski definition) is 0. The van der Waals surface area contributed by atoms with Crippen molar-refractivity contribution in [1.82, 2.24) is 9.78 Å². The van der Waals surface area contributed by atoms with E-state index in [0.29, 0.717) is 5.69 Å². The van der Waals surface area contributed by atoms with E-state index < -0.39 is 0 Å². The lowest BCUT2D eigenvalue weighted by Crippen LogP contribution is -2.00. The first-order chi connectivity index (χ1) is 7.90. The lowest BCUT2D eigenvalue weighted by atomic mass is 10.2. The molecule has 0 N–H and O–H groups in total. The van der Waals surface area contributed by atoms with Crippen molar-refractivity contribution in [2.24, 2.45) is 0 Å². The number of fused-ring (bicyclic) bond motifs is 1. The Balaban J connectivity index is 2.19. The number of nitrogens with zero attached hydrogens (tertiary/aromatic N) is 2. The highest BCUT2D eigenvalue weighted by atomic mass is 32.2. The van der Waals surface area contributed by atoms with Gasteiger partial charge in [-0.1, -0.05) is 18.2 Å². The first-order valence-corrected chi connectivity index (χ1v) is 6.25. The van der Waals surface area contributed by atoms with E-state index in [0.717, 1.165) is 29.0 Å². The van der Waals surface area contributed by atoms with Crippen molar-refractivity contribution in [1.29, 1.82) is 0 Å². The SMILES string of the molecule is O=Cc1nn(-c2ccccc2)c2c1CSC2. The molecule has 80 valence electrons. The molecule has 2 aromatic rings. The van der Waals surface area contributed by atoms with Gasteiger partial charge in [0, 0.05) is 17.1 Å². The predicted octanol–water partition coefficient (Wildman–Crippen LogP) is 2.43. The number of hydrogen-bond acceptors (Lipinski definition) is 3. The molecule has 0 saturated carbocycles. The average Bonchev–Trinajstić information content (AvgIpc) is 2.91. The number of carbonyl (C=O) groups is 1. The Morgan fingerprint density at radius 1 is 1.25 bits per heavy atom. The van der Waals surface area contributed by atoms with Crippen LogP contribution in [0.25, 0.3) is 5.69 Å². The number of aldehydes is 1. The Hall–Kier alpha value is -1.55. The van der Waals surface area contributed by atoms with Crippen LogP contribution in [0.1, 0.15) is 21.7 Å². The summed E-state index contributed by atoms with van der Waals surface area (Å²) in [6, 6.07) is 9.94. The standard InChI is InChI=1S/C12H10N2OS/c15-6-11-10-7-16-8-12(10)14(13-11)9-4-2-1-3-5-9/h1-6H,7-8H2. The zero-order valence-corrected chi connectivity index (χ0v) is 9.41. The monoisotopic (exact) mass is 230 g/mol. The molecule has 3 rings (SSSR count). The lowest BCUT2D eigenvalue weighted by Gasteiger charge is -2.03. The third-order valence-corrected chi connectivity index (χ3v) is 3.69. The van der Waals surface area contributed by atoms with Crippen LogP contribution < -0.4 is 0 Å². The van der Waals surface area contributed by atoms with Gasteiger partial charge in [-0.2, -0.15) is 16.9 Å². The van der Waals surface area contributed by atoms with Crippen LogP contribution in [0.3, 0.4) is 0 Å². The summed E-state index contributed by atoms with van der Waals surface area (Å²) in [5.41, 5.74) is 3.88. The summed E-state index contributed by atoms with van der Waals surface area (Å²) in [5, 5.41) is 4.36. The fraction of sp³-hybridized carbons (Fsp3) is 0.167. The summed E-state index contributed by atoms with van der Waals surface area (Å²) in [5.74, 6) is 1.83. The fourth-order valence-electron chi connectivity index (χ4n) is 1.94. The van der Waals surface area contributed by atoms with E-state index in [-0.39, 0.29) is 0 Å². The molecule has 0 atom stereocenters. The van der Waals surface area contributed by atoms with E-state index in [9.17, 15) is 4.79 Å². The number of benzene rings is 1. The molecule has 0 spiro atoms. The van der Waals surface area contributed by atoms with Crippen molar-refractivity contribution in [3.63, 3.8) is 0 Å². The smallest absolute Gasteiger partial charge is 0.170 e. The Labute approximate surface area is 97.5 Å². The second-order valence-corrected chi connectivity index (χ2v) is 4.65. The van der Waals surface area contributed by atoms with E-state index in [2.05, 4.69) is 5.10 Å². The van der Waals surface area contributed by atoms with Gasteiger partial charge in [-0.05, 0) is 12.1 Å². The maximum atomic E-state index is 10.9. The molecule has 16 heavy (non-hydrogen) atoms. The normalized spacial score (nSPS) is 13.8. The highest BCUT2D eigenvalue weighted by molar-refractivity contribution is 7.98. The Morgan fingerprint density at radius 3 is 2.81 bits per heavy atom. The van der Waals surface area contributed by atoms with Crippen LogP contribution in [0, 0.1) is 0 Å². The third-order valence-electron chi connectivity index (χ3n) is 2.72. The van der Waals surface area contributed by atoms with Gasteiger partial charge in [0.2, 0.25) is 0 Å². The molecule has 1 aromatic heterocycles. The maximum Gasteiger partial charge on any atom is 0.170 e. The van der Waals surface area contributed by atoms with Gasteiger partial charge in [-0.15, -0.1) is 0 Å². The van der Waals surface area contributed by atoms with Crippen molar-refractivity contribution in [3.05, 3.63) is 47.3 Å². The molecule has 0 saturated heterocycles. The van der Waals surface area contributed by atoms with Gasteiger partial charge in [0.15, 0.2) is 6.29 Å². The summed E-state index contributed by atoms with van der Waals surface area (Å²) in [6.07, 6.45) is 0.851. The quantitative estimate of drug-likeness (QED) is 0.743. The molecule has 3 nitrogen and oxygen atoms in total. The number of carbonyl (C=O) groups excluding carboxylic acids is 1. The molecule has 4 heteroatoms.